The number of benzene rings is 1. The largest absolute Gasteiger partial charge is 0.385 e. The summed E-state index contributed by atoms with van der Waals surface area (Å²) in [6.07, 6.45) is 0. The average Bonchev–Trinajstić information content (AvgIpc) is 3.15. The van der Waals surface area contributed by atoms with Crippen LogP contribution in [-0.4, -0.2) is 23.2 Å². The van der Waals surface area contributed by atoms with E-state index in [9.17, 15) is 4.79 Å². The molecule has 3 rings (SSSR count). The lowest BCUT2D eigenvalue weighted by Gasteiger charge is -2.01. The first-order valence-corrected chi connectivity index (χ1v) is 8.28. The maximum atomic E-state index is 11.8. The maximum Gasteiger partial charge on any atom is 0.266 e. The number of amides is 1. The molecule has 0 bridgehead atoms. The highest BCUT2D eigenvalue weighted by Gasteiger charge is 2.08. The summed E-state index contributed by atoms with van der Waals surface area (Å²) in [6.45, 7) is 1.70. The minimum Gasteiger partial charge on any atom is -0.385 e. The molecule has 7 heteroatoms. The van der Waals surface area contributed by atoms with Gasteiger partial charge in [-0.25, -0.2) is 4.98 Å². The standard InChI is InChI=1S/C15H13N3O2S2/c1-10(12-7-4-8-21-12)18-20-9-14(19)17-15-16-11-5-2-3-6-13(11)22-15/h2-8H,9H2,1H3,(H,16,17,19)/b18-10-. The summed E-state index contributed by atoms with van der Waals surface area (Å²) in [4.78, 5) is 22.3. The van der Waals surface area contributed by atoms with Gasteiger partial charge in [0.15, 0.2) is 11.7 Å². The SMILES string of the molecule is C/C(=N/OCC(=O)Nc1nc2ccccc2s1)c1cccs1. The first-order chi connectivity index (χ1) is 10.7. The predicted molar refractivity (Wildman–Crippen MR) is 90.7 cm³/mol. The number of carbonyl (C=O) groups is 1. The van der Waals surface area contributed by atoms with Crippen molar-refractivity contribution >= 4 is 49.6 Å². The zero-order valence-electron chi connectivity index (χ0n) is 11.8. The number of nitrogens with zero attached hydrogens (tertiary/aromatic N) is 2. The monoisotopic (exact) mass is 331 g/mol. The van der Waals surface area contributed by atoms with Gasteiger partial charge in [0, 0.05) is 0 Å². The van der Waals surface area contributed by atoms with E-state index in [0.29, 0.717) is 5.13 Å². The number of rotatable bonds is 5. The third-order valence-electron chi connectivity index (χ3n) is 2.82. The van der Waals surface area contributed by atoms with Crippen LogP contribution in [0.2, 0.25) is 0 Å². The average molecular weight is 331 g/mol. The Kier molecular flexibility index (Phi) is 4.45. The number of hydrogen-bond donors (Lipinski definition) is 1. The van der Waals surface area contributed by atoms with Crippen molar-refractivity contribution in [3.8, 4) is 0 Å². The van der Waals surface area contributed by atoms with E-state index in [1.807, 2.05) is 48.7 Å². The molecule has 0 saturated heterocycles. The van der Waals surface area contributed by atoms with Gasteiger partial charge >= 0.3 is 0 Å². The normalized spacial score (nSPS) is 11.6. The number of aromatic nitrogens is 1. The molecule has 0 fully saturated rings. The summed E-state index contributed by atoms with van der Waals surface area (Å²) in [6, 6.07) is 11.6. The second kappa shape index (κ2) is 6.67. The van der Waals surface area contributed by atoms with E-state index in [0.717, 1.165) is 20.8 Å². The fourth-order valence-corrected chi connectivity index (χ4v) is 3.35. The first-order valence-electron chi connectivity index (χ1n) is 6.58. The number of carbonyl (C=O) groups excluding carboxylic acids is 1. The van der Waals surface area contributed by atoms with Gasteiger partial charge < -0.3 is 4.84 Å². The molecule has 2 heterocycles. The van der Waals surface area contributed by atoms with Crippen molar-refractivity contribution in [1.29, 1.82) is 0 Å². The molecule has 0 atom stereocenters. The molecule has 0 aliphatic rings. The van der Waals surface area contributed by atoms with Crippen LogP contribution in [0.15, 0.2) is 46.9 Å². The maximum absolute atomic E-state index is 11.8. The second-order valence-electron chi connectivity index (χ2n) is 4.46. The van der Waals surface area contributed by atoms with Crippen molar-refractivity contribution in [2.75, 3.05) is 11.9 Å². The van der Waals surface area contributed by atoms with Gasteiger partial charge in [-0.15, -0.1) is 11.3 Å². The van der Waals surface area contributed by atoms with Crippen LogP contribution < -0.4 is 5.32 Å². The fourth-order valence-electron chi connectivity index (χ4n) is 1.80. The Labute approximate surface area is 135 Å². The Hall–Kier alpha value is -2.25. The van der Waals surface area contributed by atoms with Gasteiger partial charge in [-0.3, -0.25) is 10.1 Å². The number of thiophene rings is 1. The molecule has 0 saturated carbocycles. The van der Waals surface area contributed by atoms with Crippen LogP contribution >= 0.6 is 22.7 Å². The molecule has 1 amide bonds. The lowest BCUT2D eigenvalue weighted by Crippen LogP contribution is -2.17. The second-order valence-corrected chi connectivity index (χ2v) is 6.44. The summed E-state index contributed by atoms with van der Waals surface area (Å²) in [7, 11) is 0. The Bertz CT molecular complexity index is 776. The van der Waals surface area contributed by atoms with Gasteiger partial charge in [-0.2, -0.15) is 0 Å². The summed E-state index contributed by atoms with van der Waals surface area (Å²) < 4.78 is 1.03. The zero-order chi connectivity index (χ0) is 15.4. The smallest absolute Gasteiger partial charge is 0.266 e. The number of hydrogen-bond acceptors (Lipinski definition) is 6. The van der Waals surface area contributed by atoms with Crippen LogP contribution in [0.5, 0.6) is 0 Å². The molecule has 1 N–H and O–H groups in total. The van der Waals surface area contributed by atoms with E-state index < -0.39 is 0 Å². The molecular weight excluding hydrogens is 318 g/mol. The first kappa shape index (κ1) is 14.7. The Morgan fingerprint density at radius 2 is 2.18 bits per heavy atom. The van der Waals surface area contributed by atoms with Crippen LogP contribution in [0.25, 0.3) is 10.2 Å². The quantitative estimate of drug-likeness (QED) is 0.572. The minimum atomic E-state index is -0.276. The molecule has 3 aromatic rings. The van der Waals surface area contributed by atoms with E-state index in [2.05, 4.69) is 15.5 Å². The van der Waals surface area contributed by atoms with Crippen molar-refractivity contribution in [3.05, 3.63) is 46.7 Å². The molecule has 1 aromatic carbocycles. The number of nitrogens with one attached hydrogen (secondary N) is 1. The third-order valence-corrected chi connectivity index (χ3v) is 4.75. The van der Waals surface area contributed by atoms with E-state index in [1.165, 1.54) is 11.3 Å². The number of thiazole rings is 1. The topological polar surface area (TPSA) is 63.6 Å². The highest BCUT2D eigenvalue weighted by Crippen LogP contribution is 2.25. The van der Waals surface area contributed by atoms with Crippen molar-refractivity contribution < 1.29 is 9.63 Å². The summed E-state index contributed by atoms with van der Waals surface area (Å²) in [5.41, 5.74) is 1.62. The number of para-hydroxylation sites is 1. The molecule has 0 unspecified atom stereocenters. The highest BCUT2D eigenvalue weighted by molar-refractivity contribution is 7.22. The Morgan fingerprint density at radius 1 is 1.32 bits per heavy atom. The van der Waals surface area contributed by atoms with E-state index >= 15 is 0 Å². The molecule has 0 aliphatic carbocycles. The van der Waals surface area contributed by atoms with E-state index in [-0.39, 0.29) is 12.5 Å². The van der Waals surface area contributed by atoms with Crippen molar-refractivity contribution in [2.45, 2.75) is 6.92 Å². The molecule has 0 radical (unpaired) electrons. The molecular formula is C15H13N3O2S2. The number of oxime groups is 1. The molecule has 112 valence electrons. The van der Waals surface area contributed by atoms with Gasteiger partial charge in [0.05, 0.1) is 20.8 Å². The van der Waals surface area contributed by atoms with Crippen LogP contribution in [0, 0.1) is 0 Å². The highest BCUT2D eigenvalue weighted by atomic mass is 32.1. The lowest BCUT2D eigenvalue weighted by atomic mass is 10.3. The summed E-state index contributed by atoms with van der Waals surface area (Å²) >= 11 is 3.01. The summed E-state index contributed by atoms with van der Waals surface area (Å²) in [5, 5.41) is 9.19. The minimum absolute atomic E-state index is 0.140. The van der Waals surface area contributed by atoms with Crippen LogP contribution in [0.3, 0.4) is 0 Å². The van der Waals surface area contributed by atoms with Crippen LogP contribution in [0.4, 0.5) is 5.13 Å². The summed E-state index contributed by atoms with van der Waals surface area (Å²) in [5.74, 6) is -0.276. The van der Waals surface area contributed by atoms with E-state index in [4.69, 9.17) is 4.84 Å². The van der Waals surface area contributed by atoms with Gasteiger partial charge in [-0.05, 0) is 30.5 Å². The van der Waals surface area contributed by atoms with Gasteiger partial charge in [0.1, 0.15) is 0 Å². The molecule has 0 spiro atoms. The zero-order valence-corrected chi connectivity index (χ0v) is 13.4. The van der Waals surface area contributed by atoms with Crippen molar-refractivity contribution in [1.82, 2.24) is 4.98 Å². The van der Waals surface area contributed by atoms with Crippen molar-refractivity contribution in [2.24, 2.45) is 5.16 Å². The lowest BCUT2D eigenvalue weighted by molar-refractivity contribution is -0.120. The van der Waals surface area contributed by atoms with Gasteiger partial charge in [-0.1, -0.05) is 34.7 Å². The molecule has 22 heavy (non-hydrogen) atoms. The van der Waals surface area contributed by atoms with E-state index in [1.54, 1.807) is 11.3 Å². The number of anilines is 1. The fraction of sp³-hybridized carbons (Fsp3) is 0.133. The third kappa shape index (κ3) is 3.49. The Morgan fingerprint density at radius 3 is 2.95 bits per heavy atom. The predicted octanol–water partition coefficient (Wildman–Crippen LogP) is 3.74. The van der Waals surface area contributed by atoms with Gasteiger partial charge in [0.2, 0.25) is 0 Å². The van der Waals surface area contributed by atoms with Gasteiger partial charge in [0.25, 0.3) is 5.91 Å². The molecule has 5 nitrogen and oxygen atoms in total. The molecule has 2 aromatic heterocycles. The van der Waals surface area contributed by atoms with Crippen LogP contribution in [-0.2, 0) is 9.63 Å². The van der Waals surface area contributed by atoms with Crippen LogP contribution in [0.1, 0.15) is 11.8 Å². The number of fused-ring (bicyclic) bond motifs is 1. The van der Waals surface area contributed by atoms with Crippen molar-refractivity contribution in [3.63, 3.8) is 0 Å². The molecule has 0 aliphatic heterocycles. The Balaban J connectivity index is 1.55.